The van der Waals surface area contributed by atoms with Crippen LogP contribution in [0.15, 0.2) is 47.5 Å². The van der Waals surface area contributed by atoms with E-state index in [0.717, 1.165) is 28.9 Å². The van der Waals surface area contributed by atoms with Crippen molar-refractivity contribution in [2.24, 2.45) is 0 Å². The maximum absolute atomic E-state index is 11.6. The topological polar surface area (TPSA) is 60.3 Å². The third-order valence-electron chi connectivity index (χ3n) is 3.05. The summed E-state index contributed by atoms with van der Waals surface area (Å²) in [7, 11) is 1.62. The number of benzene rings is 1. The molecule has 0 atom stereocenters. The zero-order valence-corrected chi connectivity index (χ0v) is 12.0. The Morgan fingerprint density at radius 1 is 1.19 bits per heavy atom. The largest absolute Gasteiger partial charge is 0.497 e. The molecule has 0 saturated carbocycles. The van der Waals surface area contributed by atoms with E-state index in [1.165, 1.54) is 0 Å². The molecule has 6 heteroatoms. The molecule has 1 aromatic heterocycles. The second-order valence-corrected chi connectivity index (χ2v) is 5.37. The lowest BCUT2D eigenvalue weighted by atomic mass is 10.3. The molecule has 2 amide bonds. The fraction of sp³-hybridized carbons (Fsp3) is 0.0667. The van der Waals surface area contributed by atoms with Crippen LogP contribution in [0.1, 0.15) is 5.69 Å². The zero-order chi connectivity index (χ0) is 14.8. The second-order valence-electron chi connectivity index (χ2n) is 4.35. The Kier molecular flexibility index (Phi) is 3.53. The lowest BCUT2D eigenvalue weighted by Gasteiger charge is -2.08. The van der Waals surface area contributed by atoms with Crippen molar-refractivity contribution in [2.75, 3.05) is 7.11 Å². The van der Waals surface area contributed by atoms with Gasteiger partial charge in [0.15, 0.2) is 0 Å². The Hall–Kier alpha value is -2.47. The summed E-state index contributed by atoms with van der Waals surface area (Å²) in [4.78, 5) is 23.2. The van der Waals surface area contributed by atoms with E-state index in [1.54, 1.807) is 13.2 Å². The average molecular weight is 300 g/mol. The van der Waals surface area contributed by atoms with Crippen molar-refractivity contribution in [1.29, 1.82) is 0 Å². The molecule has 0 spiro atoms. The SMILES string of the molecule is COc1ccc(-n2cccc2/C=C2/SC(=O)NC2=O)cc1. The third kappa shape index (κ3) is 2.71. The molecule has 2 heterocycles. The van der Waals surface area contributed by atoms with Crippen LogP contribution in [0.25, 0.3) is 11.8 Å². The second kappa shape index (κ2) is 5.49. The van der Waals surface area contributed by atoms with Crippen LogP contribution in [0, 0.1) is 0 Å². The number of aromatic nitrogens is 1. The Labute approximate surface area is 125 Å². The van der Waals surface area contributed by atoms with Gasteiger partial charge in [-0.25, -0.2) is 0 Å². The molecule has 0 radical (unpaired) electrons. The summed E-state index contributed by atoms with van der Waals surface area (Å²) in [5.41, 5.74) is 1.77. The van der Waals surface area contributed by atoms with Crippen molar-refractivity contribution in [1.82, 2.24) is 9.88 Å². The molecular weight excluding hydrogens is 288 g/mol. The van der Waals surface area contributed by atoms with Gasteiger partial charge in [0.05, 0.1) is 12.0 Å². The van der Waals surface area contributed by atoms with E-state index in [4.69, 9.17) is 4.74 Å². The van der Waals surface area contributed by atoms with Crippen molar-refractivity contribution in [3.05, 3.63) is 53.2 Å². The standard InChI is InChI=1S/C15H12N2O3S/c1-20-12-6-4-10(5-7-12)17-8-2-3-11(17)9-13-14(18)16-15(19)21-13/h2-9H,1H3,(H,16,18,19)/b13-9+. The molecule has 1 fully saturated rings. The highest BCUT2D eigenvalue weighted by molar-refractivity contribution is 8.18. The van der Waals surface area contributed by atoms with Crippen molar-refractivity contribution < 1.29 is 14.3 Å². The van der Waals surface area contributed by atoms with Gasteiger partial charge in [-0.1, -0.05) is 0 Å². The maximum Gasteiger partial charge on any atom is 0.290 e. The van der Waals surface area contributed by atoms with Gasteiger partial charge in [0.1, 0.15) is 5.75 Å². The van der Waals surface area contributed by atoms with Crippen molar-refractivity contribution in [3.63, 3.8) is 0 Å². The van der Waals surface area contributed by atoms with Gasteiger partial charge in [0.2, 0.25) is 0 Å². The number of nitrogens with zero attached hydrogens (tertiary/aromatic N) is 1. The number of carbonyl (C=O) groups excluding carboxylic acids is 2. The lowest BCUT2D eigenvalue weighted by molar-refractivity contribution is -0.115. The van der Waals surface area contributed by atoms with Crippen molar-refractivity contribution in [2.45, 2.75) is 0 Å². The molecular formula is C15H12N2O3S. The predicted octanol–water partition coefficient (Wildman–Crippen LogP) is 2.81. The quantitative estimate of drug-likeness (QED) is 0.886. The molecule has 0 unspecified atom stereocenters. The van der Waals surface area contributed by atoms with Crippen LogP contribution in [-0.2, 0) is 4.79 Å². The number of thioether (sulfide) groups is 1. The van der Waals surface area contributed by atoms with E-state index >= 15 is 0 Å². The van der Waals surface area contributed by atoms with Crippen LogP contribution < -0.4 is 10.1 Å². The van der Waals surface area contributed by atoms with Gasteiger partial charge < -0.3 is 9.30 Å². The lowest BCUT2D eigenvalue weighted by Crippen LogP contribution is -2.17. The van der Waals surface area contributed by atoms with E-state index in [9.17, 15) is 9.59 Å². The van der Waals surface area contributed by atoms with Crippen LogP contribution in [0.4, 0.5) is 4.79 Å². The molecule has 1 aliphatic heterocycles. The molecule has 1 aliphatic rings. The molecule has 3 rings (SSSR count). The Morgan fingerprint density at radius 2 is 1.95 bits per heavy atom. The van der Waals surface area contributed by atoms with Crippen LogP contribution in [0.5, 0.6) is 5.75 Å². The number of nitrogens with one attached hydrogen (secondary N) is 1. The summed E-state index contributed by atoms with van der Waals surface area (Å²) in [6.07, 6.45) is 3.60. The first kappa shape index (κ1) is 13.5. The van der Waals surface area contributed by atoms with E-state index in [2.05, 4.69) is 5.32 Å². The summed E-state index contributed by atoms with van der Waals surface area (Å²) in [6, 6.07) is 11.4. The first-order chi connectivity index (χ1) is 10.2. The van der Waals surface area contributed by atoms with E-state index < -0.39 is 0 Å². The fourth-order valence-corrected chi connectivity index (χ4v) is 2.71. The molecule has 0 aliphatic carbocycles. The van der Waals surface area contributed by atoms with Gasteiger partial charge in [-0.05, 0) is 54.2 Å². The van der Waals surface area contributed by atoms with Gasteiger partial charge in [-0.2, -0.15) is 0 Å². The van der Waals surface area contributed by atoms with E-state index in [-0.39, 0.29) is 11.1 Å². The highest BCUT2D eigenvalue weighted by Crippen LogP contribution is 2.26. The van der Waals surface area contributed by atoms with E-state index in [0.29, 0.717) is 4.91 Å². The summed E-state index contributed by atoms with van der Waals surface area (Å²) in [5, 5.41) is 1.91. The minimum atomic E-state index is -0.354. The minimum absolute atomic E-state index is 0.339. The number of rotatable bonds is 3. The number of methoxy groups -OCH3 is 1. The molecule has 21 heavy (non-hydrogen) atoms. The average Bonchev–Trinajstić information content (AvgIpc) is 3.06. The highest BCUT2D eigenvalue weighted by Gasteiger charge is 2.25. The van der Waals surface area contributed by atoms with Crippen LogP contribution >= 0.6 is 11.8 Å². The monoisotopic (exact) mass is 300 g/mol. The zero-order valence-electron chi connectivity index (χ0n) is 11.2. The number of amides is 2. The number of carbonyl (C=O) groups is 2. The third-order valence-corrected chi connectivity index (χ3v) is 3.86. The first-order valence-electron chi connectivity index (χ1n) is 6.24. The normalized spacial score (nSPS) is 16.3. The first-order valence-corrected chi connectivity index (χ1v) is 7.05. The number of ether oxygens (including phenoxy) is 1. The van der Waals surface area contributed by atoms with Crippen LogP contribution in [0.2, 0.25) is 0 Å². The molecule has 1 N–H and O–H groups in total. The molecule has 1 aromatic carbocycles. The van der Waals surface area contributed by atoms with Gasteiger partial charge in [0.25, 0.3) is 11.1 Å². The van der Waals surface area contributed by atoms with Crippen molar-refractivity contribution in [3.8, 4) is 11.4 Å². The number of hydrogen-bond donors (Lipinski definition) is 1. The molecule has 0 bridgehead atoms. The molecule has 1 saturated heterocycles. The fourth-order valence-electron chi connectivity index (χ4n) is 2.05. The Balaban J connectivity index is 1.95. The Morgan fingerprint density at radius 3 is 2.57 bits per heavy atom. The summed E-state index contributed by atoms with van der Waals surface area (Å²) < 4.78 is 7.07. The maximum atomic E-state index is 11.6. The Bertz CT molecular complexity index is 732. The van der Waals surface area contributed by atoms with Gasteiger partial charge in [0, 0.05) is 17.6 Å². The van der Waals surface area contributed by atoms with Crippen LogP contribution in [0.3, 0.4) is 0 Å². The summed E-state index contributed by atoms with van der Waals surface area (Å²) >= 11 is 0.910. The summed E-state index contributed by atoms with van der Waals surface area (Å²) in [6.45, 7) is 0. The van der Waals surface area contributed by atoms with E-state index in [1.807, 2.05) is 47.2 Å². The number of imide groups is 1. The number of hydrogen-bond acceptors (Lipinski definition) is 4. The van der Waals surface area contributed by atoms with Gasteiger partial charge in [-0.15, -0.1) is 0 Å². The minimum Gasteiger partial charge on any atom is -0.497 e. The highest BCUT2D eigenvalue weighted by atomic mass is 32.2. The molecule has 5 nitrogen and oxygen atoms in total. The van der Waals surface area contributed by atoms with Crippen LogP contribution in [-0.4, -0.2) is 22.8 Å². The predicted molar refractivity (Wildman–Crippen MR) is 81.4 cm³/mol. The van der Waals surface area contributed by atoms with Crippen molar-refractivity contribution >= 4 is 29.0 Å². The smallest absolute Gasteiger partial charge is 0.290 e. The van der Waals surface area contributed by atoms with Gasteiger partial charge >= 0.3 is 0 Å². The molecule has 2 aromatic rings. The van der Waals surface area contributed by atoms with Gasteiger partial charge in [-0.3, -0.25) is 14.9 Å². The summed E-state index contributed by atoms with van der Waals surface area (Å²) in [5.74, 6) is 0.426. The molecule has 106 valence electrons.